The lowest BCUT2D eigenvalue weighted by atomic mass is 10.2. The van der Waals surface area contributed by atoms with Gasteiger partial charge in [-0.2, -0.15) is 0 Å². The van der Waals surface area contributed by atoms with Crippen molar-refractivity contribution in [2.75, 3.05) is 25.5 Å². The van der Waals surface area contributed by atoms with Crippen molar-refractivity contribution in [3.63, 3.8) is 0 Å². The highest BCUT2D eigenvalue weighted by atomic mass is 19.1. The Morgan fingerprint density at radius 1 is 1.25 bits per heavy atom. The molecule has 0 spiro atoms. The molecule has 2 rings (SSSR count). The van der Waals surface area contributed by atoms with Crippen LogP contribution in [0, 0.1) is 5.82 Å². The Morgan fingerprint density at radius 3 is 2.62 bits per heavy atom. The Kier molecular flexibility index (Phi) is 6.51. The Balaban J connectivity index is 1.84. The van der Waals surface area contributed by atoms with Gasteiger partial charge in [-0.1, -0.05) is 24.8 Å². The third kappa shape index (κ3) is 5.52. The summed E-state index contributed by atoms with van der Waals surface area (Å²) in [5, 5.41) is 2.60. The molecule has 0 aliphatic heterocycles. The van der Waals surface area contributed by atoms with E-state index in [4.69, 9.17) is 4.74 Å². The third-order valence-corrected chi connectivity index (χ3v) is 3.41. The van der Waals surface area contributed by atoms with Gasteiger partial charge >= 0.3 is 0 Å². The Labute approximate surface area is 141 Å². The van der Waals surface area contributed by atoms with Crippen molar-refractivity contribution < 1.29 is 18.8 Å². The standard InChI is InChI=1S/C19H21FN2O2/c1-3-12-24-16-10-8-15(9-11-16)13-22(2)14-19(23)21-18-7-5-4-6-17(18)20/h3-11H,1,12-14H2,2H3,(H,21,23)/p+1. The Hall–Kier alpha value is -2.66. The first-order valence-corrected chi connectivity index (χ1v) is 7.77. The number of quaternary nitrogens is 1. The van der Waals surface area contributed by atoms with Crippen LogP contribution in [-0.4, -0.2) is 26.1 Å². The quantitative estimate of drug-likeness (QED) is 0.728. The fourth-order valence-electron chi connectivity index (χ4n) is 2.30. The average molecular weight is 329 g/mol. The van der Waals surface area contributed by atoms with Crippen LogP contribution in [0.5, 0.6) is 5.75 Å². The minimum atomic E-state index is -0.432. The zero-order valence-electron chi connectivity index (χ0n) is 13.7. The largest absolute Gasteiger partial charge is 0.490 e. The van der Waals surface area contributed by atoms with Crippen molar-refractivity contribution in [3.05, 3.63) is 72.6 Å². The summed E-state index contributed by atoms with van der Waals surface area (Å²) in [6.07, 6.45) is 1.69. The van der Waals surface area contributed by atoms with Crippen LogP contribution in [0.25, 0.3) is 0 Å². The molecule has 2 N–H and O–H groups in total. The molecule has 2 aromatic carbocycles. The smallest absolute Gasteiger partial charge is 0.279 e. The van der Waals surface area contributed by atoms with E-state index in [1.807, 2.05) is 31.3 Å². The summed E-state index contributed by atoms with van der Waals surface area (Å²) in [7, 11) is 1.92. The van der Waals surface area contributed by atoms with E-state index in [9.17, 15) is 9.18 Å². The number of anilines is 1. The van der Waals surface area contributed by atoms with Crippen molar-refractivity contribution in [3.8, 4) is 5.75 Å². The molecule has 5 heteroatoms. The number of hydrogen-bond acceptors (Lipinski definition) is 2. The molecule has 0 aliphatic rings. The molecule has 1 unspecified atom stereocenters. The minimum absolute atomic E-state index is 0.207. The molecular formula is C19H22FN2O2+. The molecule has 24 heavy (non-hydrogen) atoms. The summed E-state index contributed by atoms with van der Waals surface area (Å²) < 4.78 is 19.0. The van der Waals surface area contributed by atoms with E-state index in [2.05, 4.69) is 11.9 Å². The molecular weight excluding hydrogens is 307 g/mol. The molecule has 0 aromatic heterocycles. The zero-order valence-corrected chi connectivity index (χ0v) is 13.7. The van der Waals surface area contributed by atoms with Crippen molar-refractivity contribution >= 4 is 11.6 Å². The van der Waals surface area contributed by atoms with Crippen molar-refractivity contribution in [1.29, 1.82) is 0 Å². The van der Waals surface area contributed by atoms with Crippen LogP contribution in [0.3, 0.4) is 0 Å². The molecule has 2 aromatic rings. The van der Waals surface area contributed by atoms with E-state index in [1.165, 1.54) is 6.07 Å². The predicted octanol–water partition coefficient (Wildman–Crippen LogP) is 2.04. The number of para-hydroxylation sites is 1. The van der Waals surface area contributed by atoms with E-state index in [0.717, 1.165) is 16.2 Å². The van der Waals surface area contributed by atoms with E-state index in [0.29, 0.717) is 13.2 Å². The van der Waals surface area contributed by atoms with Crippen LogP contribution >= 0.6 is 0 Å². The summed E-state index contributed by atoms with van der Waals surface area (Å²) in [6, 6.07) is 13.9. The number of nitrogens with one attached hydrogen (secondary N) is 2. The Morgan fingerprint density at radius 2 is 1.96 bits per heavy atom. The van der Waals surface area contributed by atoms with Gasteiger partial charge in [-0.05, 0) is 36.4 Å². The molecule has 0 bridgehead atoms. The maximum Gasteiger partial charge on any atom is 0.279 e. The minimum Gasteiger partial charge on any atom is -0.490 e. The normalized spacial score (nSPS) is 11.6. The second-order valence-electron chi connectivity index (χ2n) is 5.58. The first-order chi connectivity index (χ1) is 11.6. The van der Waals surface area contributed by atoms with Gasteiger partial charge < -0.3 is 15.0 Å². The lowest BCUT2D eigenvalue weighted by molar-refractivity contribution is -0.885. The van der Waals surface area contributed by atoms with Gasteiger partial charge in [-0.3, -0.25) is 4.79 Å². The van der Waals surface area contributed by atoms with Gasteiger partial charge in [-0.25, -0.2) is 4.39 Å². The van der Waals surface area contributed by atoms with Crippen LogP contribution in [0.2, 0.25) is 0 Å². The summed E-state index contributed by atoms with van der Waals surface area (Å²) >= 11 is 0. The monoisotopic (exact) mass is 329 g/mol. The highest BCUT2D eigenvalue weighted by molar-refractivity contribution is 5.91. The number of rotatable bonds is 8. The average Bonchev–Trinajstić information content (AvgIpc) is 2.56. The highest BCUT2D eigenvalue weighted by Crippen LogP contribution is 2.12. The van der Waals surface area contributed by atoms with E-state index < -0.39 is 5.82 Å². The zero-order chi connectivity index (χ0) is 17.4. The predicted molar refractivity (Wildman–Crippen MR) is 92.6 cm³/mol. The van der Waals surface area contributed by atoms with Gasteiger partial charge in [0, 0.05) is 5.56 Å². The van der Waals surface area contributed by atoms with Gasteiger partial charge in [0.05, 0.1) is 12.7 Å². The number of benzene rings is 2. The van der Waals surface area contributed by atoms with Gasteiger partial charge in [0.25, 0.3) is 5.91 Å². The molecule has 0 radical (unpaired) electrons. The molecule has 4 nitrogen and oxygen atoms in total. The highest BCUT2D eigenvalue weighted by Gasteiger charge is 2.12. The number of carbonyl (C=O) groups is 1. The van der Waals surface area contributed by atoms with E-state index in [-0.39, 0.29) is 18.1 Å². The lowest BCUT2D eigenvalue weighted by Gasteiger charge is -2.14. The van der Waals surface area contributed by atoms with Gasteiger partial charge in [0.1, 0.15) is 24.7 Å². The van der Waals surface area contributed by atoms with Gasteiger partial charge in [0.2, 0.25) is 0 Å². The van der Waals surface area contributed by atoms with Crippen LogP contribution in [0.1, 0.15) is 5.56 Å². The van der Waals surface area contributed by atoms with Crippen LogP contribution < -0.4 is 15.0 Å². The first-order valence-electron chi connectivity index (χ1n) is 7.77. The first kappa shape index (κ1) is 17.7. The van der Waals surface area contributed by atoms with Crippen molar-refractivity contribution in [2.45, 2.75) is 6.54 Å². The number of carbonyl (C=O) groups excluding carboxylic acids is 1. The molecule has 0 heterocycles. The summed E-state index contributed by atoms with van der Waals surface area (Å²) in [5.41, 5.74) is 1.30. The van der Waals surface area contributed by atoms with Crippen LogP contribution in [0.15, 0.2) is 61.2 Å². The fraction of sp³-hybridized carbons (Fsp3) is 0.211. The maximum atomic E-state index is 13.5. The summed E-state index contributed by atoms with van der Waals surface area (Å²) in [6.45, 7) is 5.02. The molecule has 0 saturated heterocycles. The second-order valence-corrected chi connectivity index (χ2v) is 5.58. The van der Waals surface area contributed by atoms with Gasteiger partial charge in [-0.15, -0.1) is 0 Å². The molecule has 1 amide bonds. The van der Waals surface area contributed by atoms with E-state index >= 15 is 0 Å². The van der Waals surface area contributed by atoms with Crippen molar-refractivity contribution in [1.82, 2.24) is 0 Å². The lowest BCUT2D eigenvalue weighted by Crippen LogP contribution is -3.08. The van der Waals surface area contributed by atoms with Crippen LogP contribution in [0.4, 0.5) is 10.1 Å². The second kappa shape index (κ2) is 8.84. The maximum absolute atomic E-state index is 13.5. The number of ether oxygens (including phenoxy) is 1. The fourth-order valence-corrected chi connectivity index (χ4v) is 2.30. The summed E-state index contributed by atoms with van der Waals surface area (Å²) in [4.78, 5) is 13.0. The molecule has 0 saturated carbocycles. The molecule has 1 atom stereocenters. The number of halogens is 1. The molecule has 126 valence electrons. The Bertz CT molecular complexity index is 686. The topological polar surface area (TPSA) is 42.8 Å². The number of amides is 1. The number of likely N-dealkylation sites (N-methyl/N-ethyl adjacent to an activating group) is 1. The van der Waals surface area contributed by atoms with Crippen LogP contribution in [-0.2, 0) is 11.3 Å². The van der Waals surface area contributed by atoms with Crippen molar-refractivity contribution in [2.24, 2.45) is 0 Å². The van der Waals surface area contributed by atoms with Gasteiger partial charge in [0.15, 0.2) is 6.54 Å². The number of hydrogen-bond donors (Lipinski definition) is 2. The third-order valence-electron chi connectivity index (χ3n) is 3.41. The SMILES string of the molecule is C=CCOc1ccc(C[NH+](C)CC(=O)Nc2ccccc2F)cc1. The molecule has 0 fully saturated rings. The summed E-state index contributed by atoms with van der Waals surface area (Å²) in [5.74, 6) is 0.135. The van der Waals surface area contributed by atoms with E-state index in [1.54, 1.807) is 24.3 Å². The molecule has 0 aliphatic carbocycles.